The quantitative estimate of drug-likeness (QED) is 0.135. The molecule has 0 atom stereocenters. The maximum absolute atomic E-state index is 12.2. The molecule has 6 aromatic rings. The van der Waals surface area contributed by atoms with Crippen LogP contribution in [0.1, 0.15) is 25.0 Å². The van der Waals surface area contributed by atoms with Gasteiger partial charge in [-0.25, -0.2) is 4.90 Å². The molecule has 0 saturated heterocycles. The zero-order valence-electron chi connectivity index (χ0n) is 28.0. The molecule has 1 amide bonds. The van der Waals surface area contributed by atoms with E-state index in [1.165, 1.54) is 21.9 Å². The van der Waals surface area contributed by atoms with E-state index in [2.05, 4.69) is 121 Å². The number of nitrogens with zero attached hydrogens (tertiary/aromatic N) is 2. The van der Waals surface area contributed by atoms with Crippen molar-refractivity contribution in [2.75, 3.05) is 20.2 Å². The minimum Gasteiger partial charge on any atom is -0.497 e. The summed E-state index contributed by atoms with van der Waals surface area (Å²) in [7, 11) is 1.66. The zero-order chi connectivity index (χ0) is 33.6. The highest BCUT2D eigenvalue weighted by Crippen LogP contribution is 2.14. The number of pyridine rings is 1. The van der Waals surface area contributed by atoms with Gasteiger partial charge in [-0.3, -0.25) is 0 Å². The molecule has 0 unspecified atom stereocenters. The van der Waals surface area contributed by atoms with Crippen molar-refractivity contribution in [1.82, 2.24) is 4.90 Å². The number of rotatable bonds is 9. The number of methoxy groups -OCH3 is 1. The topological polar surface area (TPSA) is 33.4 Å². The van der Waals surface area contributed by atoms with Crippen LogP contribution in [-0.4, -0.2) is 37.3 Å². The van der Waals surface area contributed by atoms with Crippen molar-refractivity contribution in [2.24, 2.45) is 0 Å². The first-order valence-corrected chi connectivity index (χ1v) is 16.6. The molecular weight excluding hydrogens is 587 g/mol. The van der Waals surface area contributed by atoms with Crippen molar-refractivity contribution < 1.29 is 14.1 Å². The van der Waals surface area contributed by atoms with Gasteiger partial charge in [-0.15, -0.1) is 0 Å². The highest BCUT2D eigenvalue weighted by molar-refractivity contribution is 7.19. The Bertz CT molecular complexity index is 1690. The molecule has 5 aromatic carbocycles. The maximum atomic E-state index is 12.2. The fourth-order valence-electron chi connectivity index (χ4n) is 6.36. The van der Waals surface area contributed by atoms with Crippen LogP contribution in [0.25, 0.3) is 12.2 Å². The summed E-state index contributed by atoms with van der Waals surface area (Å²) in [5.41, 5.74) is 7.50. The molecular formula is C43H43BN2O2. The molecule has 48 heavy (non-hydrogen) atoms. The molecule has 6 rings (SSSR count). The largest absolute Gasteiger partial charge is 0.497 e. The van der Waals surface area contributed by atoms with Gasteiger partial charge in [-0.2, -0.15) is 31.2 Å². The zero-order valence-corrected chi connectivity index (χ0v) is 28.0. The molecule has 0 aliphatic carbocycles. The Morgan fingerprint density at radius 1 is 0.562 bits per heavy atom. The molecule has 0 radical (unpaired) electrons. The Hall–Kier alpha value is -5.68. The van der Waals surface area contributed by atoms with Gasteiger partial charge in [-0.1, -0.05) is 146 Å². The third kappa shape index (κ3) is 7.82. The first-order chi connectivity index (χ1) is 23.6. The van der Waals surface area contributed by atoms with E-state index < -0.39 is 6.15 Å². The van der Waals surface area contributed by atoms with Crippen LogP contribution < -0.4 is 31.2 Å². The molecule has 4 nitrogen and oxygen atoms in total. The highest BCUT2D eigenvalue weighted by atomic mass is 16.5. The van der Waals surface area contributed by atoms with Crippen LogP contribution in [0.15, 0.2) is 170 Å². The van der Waals surface area contributed by atoms with Crippen molar-refractivity contribution in [3.63, 3.8) is 0 Å². The Morgan fingerprint density at radius 2 is 0.917 bits per heavy atom. The maximum Gasteiger partial charge on any atom is 0.497 e. The monoisotopic (exact) mass is 630 g/mol. The average molecular weight is 631 g/mol. The molecule has 0 aliphatic rings. The lowest BCUT2D eigenvalue weighted by molar-refractivity contribution is -0.578. The van der Waals surface area contributed by atoms with Crippen molar-refractivity contribution in [3.05, 3.63) is 181 Å². The Morgan fingerprint density at radius 3 is 1.25 bits per heavy atom. The fraction of sp³-hybridized carbons (Fsp3) is 0.116. The van der Waals surface area contributed by atoms with Crippen molar-refractivity contribution in [1.29, 1.82) is 0 Å². The van der Waals surface area contributed by atoms with Crippen LogP contribution in [-0.2, 0) is 0 Å². The van der Waals surface area contributed by atoms with E-state index in [4.69, 9.17) is 4.74 Å². The second-order valence-corrected chi connectivity index (χ2v) is 11.6. The minimum atomic E-state index is -1.22. The SMILES string of the molecule is CCN(CC)C(=O)[n+]1ccc(/C=C/c2ccc(OC)cc2)cc1.c1ccc([B-](c2ccccc2)(c2ccccc2)c2ccccc2)cc1. The summed E-state index contributed by atoms with van der Waals surface area (Å²) in [6.07, 6.45) is 6.44. The summed E-state index contributed by atoms with van der Waals surface area (Å²) in [4.78, 5) is 14.0. The fourth-order valence-corrected chi connectivity index (χ4v) is 6.36. The normalized spacial score (nSPS) is 11.0. The van der Waals surface area contributed by atoms with E-state index in [0.717, 1.165) is 16.9 Å². The summed E-state index contributed by atoms with van der Waals surface area (Å²) in [5.74, 6) is 0.845. The highest BCUT2D eigenvalue weighted by Gasteiger charge is 2.31. The van der Waals surface area contributed by atoms with E-state index in [0.29, 0.717) is 13.1 Å². The molecule has 240 valence electrons. The van der Waals surface area contributed by atoms with E-state index in [1.807, 2.05) is 62.4 Å². The van der Waals surface area contributed by atoms with E-state index in [1.54, 1.807) is 29.0 Å². The van der Waals surface area contributed by atoms with Crippen LogP contribution in [0.4, 0.5) is 4.79 Å². The number of amides is 1. The second kappa shape index (κ2) is 16.8. The predicted molar refractivity (Wildman–Crippen MR) is 202 cm³/mol. The first kappa shape index (κ1) is 33.7. The van der Waals surface area contributed by atoms with Gasteiger partial charge in [0, 0.05) is 0 Å². The standard InChI is InChI=1S/C24H20B.C19H23N2O2/c1-5-13-21(14-6-1)25(22-15-7-2-8-16-22,23-17-9-3-10-18-23)24-19-11-4-12-20-24;1-4-20(5-2)19(22)21-14-12-17(13-15-21)7-6-16-8-10-18(23-3)11-9-16/h1-20H;6-15H,4-5H2,1-3H3/q-1;+1/b;7-6+. The predicted octanol–water partition coefficient (Wildman–Crippen LogP) is 6.53. The molecule has 0 spiro atoms. The molecule has 1 heterocycles. The van der Waals surface area contributed by atoms with E-state index >= 15 is 0 Å². The van der Waals surface area contributed by atoms with Gasteiger partial charge in [0.2, 0.25) is 0 Å². The first-order valence-electron chi connectivity index (χ1n) is 16.6. The Kier molecular flexibility index (Phi) is 11.8. The lowest BCUT2D eigenvalue weighted by atomic mass is 9.13. The Balaban J connectivity index is 0.000000189. The van der Waals surface area contributed by atoms with Crippen LogP contribution in [0.2, 0.25) is 0 Å². The van der Waals surface area contributed by atoms with E-state index in [9.17, 15) is 4.79 Å². The van der Waals surface area contributed by atoms with Gasteiger partial charge in [-0.05, 0) is 49.2 Å². The minimum absolute atomic E-state index is 0.000633. The molecule has 1 aromatic heterocycles. The number of carbonyl (C=O) groups is 1. The van der Waals surface area contributed by atoms with Gasteiger partial charge < -0.3 is 4.74 Å². The number of hydrogen-bond donors (Lipinski definition) is 0. The number of hydrogen-bond acceptors (Lipinski definition) is 2. The number of ether oxygens (including phenoxy) is 1. The number of carbonyl (C=O) groups excluding carboxylic acids is 1. The van der Waals surface area contributed by atoms with Crippen LogP contribution >= 0.6 is 0 Å². The summed E-state index contributed by atoms with van der Waals surface area (Å²) < 4.78 is 6.75. The molecule has 5 heteroatoms. The van der Waals surface area contributed by atoms with Gasteiger partial charge in [0.05, 0.1) is 32.6 Å². The lowest BCUT2D eigenvalue weighted by Crippen LogP contribution is -2.74. The molecule has 0 aliphatic heterocycles. The molecule has 0 bridgehead atoms. The van der Waals surface area contributed by atoms with Gasteiger partial charge in [0.15, 0.2) is 0 Å². The van der Waals surface area contributed by atoms with E-state index in [-0.39, 0.29) is 6.03 Å². The number of benzene rings is 5. The summed E-state index contributed by atoms with van der Waals surface area (Å²) >= 11 is 0. The van der Waals surface area contributed by atoms with Crippen molar-refractivity contribution in [3.8, 4) is 5.75 Å². The smallest absolute Gasteiger partial charge is 0.497 e. The second-order valence-electron chi connectivity index (χ2n) is 11.6. The average Bonchev–Trinajstić information content (AvgIpc) is 3.17. The van der Waals surface area contributed by atoms with Gasteiger partial charge >= 0.3 is 6.03 Å². The van der Waals surface area contributed by atoms with Crippen molar-refractivity contribution >= 4 is 46.2 Å². The van der Waals surface area contributed by atoms with Crippen molar-refractivity contribution in [2.45, 2.75) is 13.8 Å². The van der Waals surface area contributed by atoms with Gasteiger partial charge in [0.25, 0.3) is 0 Å². The molecule has 0 fully saturated rings. The molecule has 0 saturated carbocycles. The van der Waals surface area contributed by atoms with Gasteiger partial charge in [0.1, 0.15) is 11.9 Å². The summed E-state index contributed by atoms with van der Waals surface area (Å²) in [5, 5.41) is 0. The summed E-state index contributed by atoms with van der Waals surface area (Å²) in [6, 6.07) is 55.3. The third-order valence-corrected chi connectivity index (χ3v) is 8.89. The third-order valence-electron chi connectivity index (χ3n) is 8.89. The Labute approximate surface area is 285 Å². The van der Waals surface area contributed by atoms with Crippen LogP contribution in [0, 0.1) is 0 Å². The van der Waals surface area contributed by atoms with Crippen LogP contribution in [0.3, 0.4) is 0 Å². The van der Waals surface area contributed by atoms with Crippen LogP contribution in [0.5, 0.6) is 5.75 Å². The lowest BCUT2D eigenvalue weighted by Gasteiger charge is -2.44. The summed E-state index contributed by atoms with van der Waals surface area (Å²) in [6.45, 7) is 5.38. The number of aromatic nitrogens is 1. The molecule has 0 N–H and O–H groups in total.